The van der Waals surface area contributed by atoms with Gasteiger partial charge in [-0.05, 0) is 26.2 Å². The summed E-state index contributed by atoms with van der Waals surface area (Å²) in [6.45, 7) is 5.26. The molecule has 100 valence electrons. The molecule has 4 heteroatoms. The second-order valence-electron chi connectivity index (χ2n) is 4.97. The summed E-state index contributed by atoms with van der Waals surface area (Å²) in [5.74, 6) is 2.01. The number of hydrogen-bond acceptors (Lipinski definition) is 3. The Bertz CT molecular complexity index is 395. The predicted octanol–water partition coefficient (Wildman–Crippen LogP) is 3.49. The largest absolute Gasteiger partial charge is 0.353 e. The van der Waals surface area contributed by atoms with E-state index in [0.29, 0.717) is 6.04 Å². The summed E-state index contributed by atoms with van der Waals surface area (Å²) in [5, 5.41) is 1.03. The van der Waals surface area contributed by atoms with Crippen LogP contribution in [0.2, 0.25) is 0 Å². The molecular formula is C14H22BrN3. The molecule has 1 unspecified atom stereocenters. The number of rotatable bonds is 3. The lowest BCUT2D eigenvalue weighted by atomic mass is 10.1. The molecule has 1 saturated heterocycles. The molecule has 2 rings (SSSR count). The zero-order valence-electron chi connectivity index (χ0n) is 11.3. The van der Waals surface area contributed by atoms with Crippen LogP contribution in [0.4, 0.5) is 5.82 Å². The van der Waals surface area contributed by atoms with Gasteiger partial charge in [0.05, 0.1) is 0 Å². The fourth-order valence-electron chi connectivity index (χ4n) is 2.58. The molecule has 3 nitrogen and oxygen atoms in total. The minimum atomic E-state index is 0.575. The lowest BCUT2D eigenvalue weighted by molar-refractivity contribution is 0.619. The van der Waals surface area contributed by atoms with E-state index in [1.807, 2.05) is 6.92 Å². The van der Waals surface area contributed by atoms with E-state index >= 15 is 0 Å². The average Bonchev–Trinajstić information content (AvgIpc) is 2.62. The fourth-order valence-corrected chi connectivity index (χ4v) is 3.25. The molecule has 1 fully saturated rings. The smallest absolute Gasteiger partial charge is 0.132 e. The van der Waals surface area contributed by atoms with Crippen molar-refractivity contribution < 1.29 is 0 Å². The second-order valence-corrected chi connectivity index (χ2v) is 5.62. The minimum Gasteiger partial charge on any atom is -0.353 e. The summed E-state index contributed by atoms with van der Waals surface area (Å²) in [5.41, 5.74) is 1.15. The third-order valence-corrected chi connectivity index (χ3v) is 4.34. The molecule has 1 atom stereocenters. The number of halogens is 1. The predicted molar refractivity (Wildman–Crippen MR) is 79.5 cm³/mol. The van der Waals surface area contributed by atoms with Gasteiger partial charge < -0.3 is 4.90 Å². The first-order valence-corrected chi connectivity index (χ1v) is 8.04. The van der Waals surface area contributed by atoms with Gasteiger partial charge in [-0.15, -0.1) is 0 Å². The molecule has 0 bridgehead atoms. The van der Waals surface area contributed by atoms with Gasteiger partial charge in [0.25, 0.3) is 0 Å². The molecule has 1 aliphatic rings. The zero-order valence-corrected chi connectivity index (χ0v) is 12.9. The second kappa shape index (κ2) is 6.50. The molecule has 0 amide bonds. The molecule has 1 aromatic heterocycles. The van der Waals surface area contributed by atoms with Gasteiger partial charge in [0.1, 0.15) is 11.6 Å². The van der Waals surface area contributed by atoms with Crippen LogP contribution in [-0.2, 0) is 6.42 Å². The van der Waals surface area contributed by atoms with Gasteiger partial charge in [-0.1, -0.05) is 35.7 Å². The highest BCUT2D eigenvalue weighted by molar-refractivity contribution is 9.09. The van der Waals surface area contributed by atoms with Crippen molar-refractivity contribution in [3.05, 3.63) is 17.6 Å². The van der Waals surface area contributed by atoms with Crippen LogP contribution >= 0.6 is 15.9 Å². The highest BCUT2D eigenvalue weighted by Gasteiger charge is 2.21. The van der Waals surface area contributed by atoms with Crippen LogP contribution in [-0.4, -0.2) is 27.9 Å². The van der Waals surface area contributed by atoms with Crippen molar-refractivity contribution in [2.24, 2.45) is 0 Å². The van der Waals surface area contributed by atoms with Crippen molar-refractivity contribution in [3.63, 3.8) is 0 Å². The van der Waals surface area contributed by atoms with Crippen molar-refractivity contribution in [3.8, 4) is 0 Å². The average molecular weight is 312 g/mol. The van der Waals surface area contributed by atoms with Crippen LogP contribution in [0.1, 0.15) is 44.1 Å². The summed E-state index contributed by atoms with van der Waals surface area (Å²) in [6, 6.07) is 2.74. The highest BCUT2D eigenvalue weighted by Crippen LogP contribution is 2.24. The van der Waals surface area contributed by atoms with Gasteiger partial charge in [-0.25, -0.2) is 9.97 Å². The number of aryl methyl sites for hydroxylation is 2. The van der Waals surface area contributed by atoms with E-state index in [0.717, 1.165) is 35.6 Å². The first-order chi connectivity index (χ1) is 8.74. The van der Waals surface area contributed by atoms with Crippen molar-refractivity contribution in [1.29, 1.82) is 0 Å². The summed E-state index contributed by atoms with van der Waals surface area (Å²) in [6.07, 6.45) is 6.18. The maximum Gasteiger partial charge on any atom is 0.132 e. The summed E-state index contributed by atoms with van der Waals surface area (Å²) >= 11 is 3.65. The van der Waals surface area contributed by atoms with E-state index in [9.17, 15) is 0 Å². The van der Waals surface area contributed by atoms with E-state index in [-0.39, 0.29) is 0 Å². The molecular weight excluding hydrogens is 290 g/mol. The quantitative estimate of drug-likeness (QED) is 0.800. The number of hydrogen-bond donors (Lipinski definition) is 0. The minimum absolute atomic E-state index is 0.575. The van der Waals surface area contributed by atoms with Crippen LogP contribution in [0.3, 0.4) is 0 Å². The maximum atomic E-state index is 4.64. The molecule has 0 spiro atoms. The Morgan fingerprint density at radius 3 is 2.89 bits per heavy atom. The van der Waals surface area contributed by atoms with Crippen LogP contribution in [0.25, 0.3) is 0 Å². The van der Waals surface area contributed by atoms with Gasteiger partial charge >= 0.3 is 0 Å². The van der Waals surface area contributed by atoms with Crippen LogP contribution < -0.4 is 4.90 Å². The molecule has 2 heterocycles. The Labute approximate surface area is 118 Å². The Hall–Kier alpha value is -0.640. The van der Waals surface area contributed by atoms with Crippen molar-refractivity contribution >= 4 is 21.7 Å². The van der Waals surface area contributed by atoms with Gasteiger partial charge in [-0.2, -0.15) is 0 Å². The summed E-state index contributed by atoms with van der Waals surface area (Å²) < 4.78 is 0. The molecule has 1 aliphatic heterocycles. The van der Waals surface area contributed by atoms with Gasteiger partial charge in [0.2, 0.25) is 0 Å². The normalized spacial score (nSPS) is 20.8. The summed E-state index contributed by atoms with van der Waals surface area (Å²) in [7, 11) is 0. The SMILES string of the molecule is CCc1cc(N2CCCCCC2CBr)nc(C)n1. The number of aromatic nitrogens is 2. The zero-order chi connectivity index (χ0) is 13.0. The maximum absolute atomic E-state index is 4.64. The van der Waals surface area contributed by atoms with E-state index < -0.39 is 0 Å². The third kappa shape index (κ3) is 3.22. The first-order valence-electron chi connectivity index (χ1n) is 6.91. The summed E-state index contributed by atoms with van der Waals surface area (Å²) in [4.78, 5) is 11.6. The Morgan fingerprint density at radius 2 is 2.17 bits per heavy atom. The molecule has 0 aliphatic carbocycles. The van der Waals surface area contributed by atoms with E-state index in [4.69, 9.17) is 0 Å². The first kappa shape index (κ1) is 13.8. The number of alkyl halides is 1. The van der Waals surface area contributed by atoms with Crippen LogP contribution in [0.5, 0.6) is 0 Å². The fraction of sp³-hybridized carbons (Fsp3) is 0.714. The molecule has 0 saturated carbocycles. The van der Waals surface area contributed by atoms with Crippen LogP contribution in [0.15, 0.2) is 6.07 Å². The third-order valence-electron chi connectivity index (χ3n) is 3.59. The van der Waals surface area contributed by atoms with Crippen LogP contribution in [0, 0.1) is 6.92 Å². The standard InChI is InChI=1S/C14H22BrN3/c1-3-12-9-14(17-11(2)16-12)18-8-6-4-5-7-13(18)10-15/h9,13H,3-8,10H2,1-2H3. The lowest BCUT2D eigenvalue weighted by Gasteiger charge is -2.30. The Balaban J connectivity index is 2.29. The molecule has 1 aromatic rings. The van der Waals surface area contributed by atoms with Gasteiger partial charge in [0.15, 0.2) is 0 Å². The van der Waals surface area contributed by atoms with Crippen molar-refractivity contribution in [2.75, 3.05) is 16.8 Å². The van der Waals surface area contributed by atoms with E-state index in [2.05, 4.69) is 43.8 Å². The van der Waals surface area contributed by atoms with Crippen molar-refractivity contribution in [1.82, 2.24) is 9.97 Å². The topological polar surface area (TPSA) is 29.0 Å². The lowest BCUT2D eigenvalue weighted by Crippen LogP contribution is -2.37. The molecule has 18 heavy (non-hydrogen) atoms. The Kier molecular flexibility index (Phi) is 4.98. The molecule has 0 N–H and O–H groups in total. The number of anilines is 1. The molecule has 0 radical (unpaired) electrons. The van der Waals surface area contributed by atoms with Crippen molar-refractivity contribution in [2.45, 2.75) is 52.0 Å². The highest BCUT2D eigenvalue weighted by atomic mass is 79.9. The van der Waals surface area contributed by atoms with Gasteiger partial charge in [0, 0.05) is 29.7 Å². The van der Waals surface area contributed by atoms with E-state index in [1.54, 1.807) is 0 Å². The number of nitrogens with zero attached hydrogens (tertiary/aromatic N) is 3. The monoisotopic (exact) mass is 311 g/mol. The van der Waals surface area contributed by atoms with E-state index in [1.165, 1.54) is 25.7 Å². The molecule has 0 aromatic carbocycles. The van der Waals surface area contributed by atoms with Gasteiger partial charge in [-0.3, -0.25) is 0 Å². The Morgan fingerprint density at radius 1 is 1.33 bits per heavy atom.